The Morgan fingerprint density at radius 3 is 2.35 bits per heavy atom. The minimum Gasteiger partial charge on any atom is -0.297 e. The lowest BCUT2D eigenvalue weighted by Crippen LogP contribution is -1.86. The van der Waals surface area contributed by atoms with Gasteiger partial charge in [0.2, 0.25) is 0 Å². The maximum absolute atomic E-state index is 4.75. The maximum Gasteiger partial charge on any atom is 0.194 e. The van der Waals surface area contributed by atoms with Gasteiger partial charge in [-0.25, -0.2) is 4.98 Å². The molecule has 4 rings (SSSR count). The van der Waals surface area contributed by atoms with E-state index in [1.807, 2.05) is 18.2 Å². The average molecular weight is 318 g/mol. The van der Waals surface area contributed by atoms with Crippen molar-refractivity contribution in [1.82, 2.24) is 9.38 Å². The zero-order valence-electron chi connectivity index (χ0n) is 13.1. The van der Waals surface area contributed by atoms with Gasteiger partial charge in [-0.3, -0.25) is 4.40 Å². The largest absolute Gasteiger partial charge is 0.297 e. The molecule has 0 saturated carbocycles. The molecule has 0 aliphatic heterocycles. The van der Waals surface area contributed by atoms with Crippen molar-refractivity contribution >= 4 is 16.3 Å². The van der Waals surface area contributed by atoms with Crippen LogP contribution in [0, 0.1) is 0 Å². The first-order valence-corrected chi connectivity index (χ1v) is 8.74. The van der Waals surface area contributed by atoms with Gasteiger partial charge in [0.1, 0.15) is 0 Å². The summed E-state index contributed by atoms with van der Waals surface area (Å²) in [5.74, 6) is 0. The van der Waals surface area contributed by atoms with Gasteiger partial charge in [0.25, 0.3) is 0 Å². The molecule has 0 saturated heterocycles. The third-order valence-electron chi connectivity index (χ3n) is 4.08. The first kappa shape index (κ1) is 14.2. The van der Waals surface area contributed by atoms with Gasteiger partial charge in [0.05, 0.1) is 5.69 Å². The highest BCUT2D eigenvalue weighted by molar-refractivity contribution is 7.17. The summed E-state index contributed by atoms with van der Waals surface area (Å²) in [6.45, 7) is 2.19. The molecule has 0 aliphatic carbocycles. The maximum atomic E-state index is 4.75. The fraction of sp³-hybridized carbons (Fsp3) is 0.150. The van der Waals surface area contributed by atoms with Gasteiger partial charge < -0.3 is 0 Å². The van der Waals surface area contributed by atoms with E-state index in [1.165, 1.54) is 21.6 Å². The predicted octanol–water partition coefficient (Wildman–Crippen LogP) is 5.22. The second-order valence-corrected chi connectivity index (χ2v) is 6.82. The lowest BCUT2D eigenvalue weighted by atomic mass is 10.1. The molecular formula is C20H18N2S. The molecule has 0 spiro atoms. The topological polar surface area (TPSA) is 17.3 Å². The minimum absolute atomic E-state index is 0.971. The molecule has 0 atom stereocenters. The Labute approximate surface area is 140 Å². The molecular weight excluding hydrogens is 300 g/mol. The summed E-state index contributed by atoms with van der Waals surface area (Å²) >= 11 is 1.77. The Hall–Kier alpha value is -2.39. The van der Waals surface area contributed by atoms with Gasteiger partial charge in [0.15, 0.2) is 4.96 Å². The van der Waals surface area contributed by atoms with Crippen molar-refractivity contribution in [3.05, 3.63) is 83.0 Å². The number of imidazole rings is 1. The van der Waals surface area contributed by atoms with Gasteiger partial charge >= 0.3 is 0 Å². The van der Waals surface area contributed by atoms with Crippen molar-refractivity contribution in [2.24, 2.45) is 0 Å². The minimum atomic E-state index is 0.971. The van der Waals surface area contributed by atoms with Crippen LogP contribution >= 0.6 is 11.3 Å². The normalized spacial score (nSPS) is 11.2. The van der Waals surface area contributed by atoms with Gasteiger partial charge in [-0.15, -0.1) is 11.3 Å². The quantitative estimate of drug-likeness (QED) is 0.504. The summed E-state index contributed by atoms with van der Waals surface area (Å²) in [6.07, 6.45) is 6.38. The number of fused-ring (bicyclic) bond motifs is 1. The molecule has 114 valence electrons. The number of nitrogens with zero attached hydrogens (tertiary/aromatic N) is 2. The number of benzene rings is 2. The molecule has 0 N–H and O–H groups in total. The third kappa shape index (κ3) is 2.92. The second kappa shape index (κ2) is 6.01. The highest BCUT2D eigenvalue weighted by Crippen LogP contribution is 2.25. The number of hydrogen-bond acceptors (Lipinski definition) is 2. The highest BCUT2D eigenvalue weighted by atomic mass is 32.1. The smallest absolute Gasteiger partial charge is 0.194 e. The molecule has 2 nitrogen and oxygen atoms in total. The molecule has 2 heterocycles. The lowest BCUT2D eigenvalue weighted by Gasteiger charge is -2.00. The summed E-state index contributed by atoms with van der Waals surface area (Å²) in [4.78, 5) is 7.16. The van der Waals surface area contributed by atoms with Crippen molar-refractivity contribution in [2.45, 2.75) is 19.8 Å². The van der Waals surface area contributed by atoms with Gasteiger partial charge in [0, 0.05) is 29.3 Å². The van der Waals surface area contributed by atoms with Crippen LogP contribution in [-0.2, 0) is 12.8 Å². The highest BCUT2D eigenvalue weighted by Gasteiger charge is 2.08. The van der Waals surface area contributed by atoms with E-state index >= 15 is 0 Å². The van der Waals surface area contributed by atoms with Crippen LogP contribution in [0.5, 0.6) is 0 Å². The second-order valence-electron chi connectivity index (χ2n) is 5.73. The monoisotopic (exact) mass is 318 g/mol. The van der Waals surface area contributed by atoms with Crippen molar-refractivity contribution in [1.29, 1.82) is 0 Å². The molecule has 0 bridgehead atoms. The molecule has 2 aromatic heterocycles. The number of aryl methyl sites for hydroxylation is 1. The Morgan fingerprint density at radius 1 is 0.913 bits per heavy atom. The van der Waals surface area contributed by atoms with Crippen LogP contribution in [0.15, 0.2) is 67.0 Å². The van der Waals surface area contributed by atoms with E-state index in [0.29, 0.717) is 0 Å². The van der Waals surface area contributed by atoms with Gasteiger partial charge in [-0.1, -0.05) is 61.5 Å². The van der Waals surface area contributed by atoms with Crippen LogP contribution in [0.4, 0.5) is 0 Å². The van der Waals surface area contributed by atoms with E-state index in [4.69, 9.17) is 4.98 Å². The zero-order valence-corrected chi connectivity index (χ0v) is 13.9. The lowest BCUT2D eigenvalue weighted by molar-refractivity contribution is 1.12. The van der Waals surface area contributed by atoms with E-state index in [9.17, 15) is 0 Å². The van der Waals surface area contributed by atoms with Gasteiger partial charge in [-0.2, -0.15) is 0 Å². The van der Waals surface area contributed by atoms with Crippen molar-refractivity contribution < 1.29 is 0 Å². The van der Waals surface area contributed by atoms with E-state index in [1.54, 1.807) is 11.3 Å². The Morgan fingerprint density at radius 2 is 1.65 bits per heavy atom. The summed E-state index contributed by atoms with van der Waals surface area (Å²) in [6, 6.07) is 19.2. The number of hydrogen-bond donors (Lipinski definition) is 0. The summed E-state index contributed by atoms with van der Waals surface area (Å²) in [5.41, 5.74) is 4.95. The molecule has 0 fully saturated rings. The van der Waals surface area contributed by atoms with Gasteiger partial charge in [-0.05, 0) is 17.5 Å². The van der Waals surface area contributed by atoms with Crippen LogP contribution in [0.25, 0.3) is 16.2 Å². The number of rotatable bonds is 4. The fourth-order valence-corrected chi connectivity index (χ4v) is 3.76. The molecule has 0 amide bonds. The SMILES string of the molecule is CCc1ccc(Cc2cn3cc(-c4ccccc4)nc3s2)cc1. The van der Waals surface area contributed by atoms with Crippen molar-refractivity contribution in [3.63, 3.8) is 0 Å². The van der Waals surface area contributed by atoms with Crippen LogP contribution < -0.4 is 0 Å². The third-order valence-corrected chi connectivity index (χ3v) is 5.08. The van der Waals surface area contributed by atoms with Crippen molar-refractivity contribution in [3.8, 4) is 11.3 Å². The molecule has 4 aromatic rings. The Balaban J connectivity index is 1.58. The van der Waals surface area contributed by atoms with Crippen LogP contribution in [0.1, 0.15) is 22.9 Å². The first-order chi connectivity index (χ1) is 11.3. The fourth-order valence-electron chi connectivity index (χ4n) is 2.77. The summed E-state index contributed by atoms with van der Waals surface area (Å²) < 4.78 is 2.14. The molecule has 0 radical (unpaired) electrons. The number of aromatic nitrogens is 2. The average Bonchev–Trinajstić information content (AvgIpc) is 3.15. The number of thiazole rings is 1. The Kier molecular flexibility index (Phi) is 3.72. The summed E-state index contributed by atoms with van der Waals surface area (Å²) in [5, 5.41) is 0. The Bertz CT molecular complexity index is 886. The molecule has 0 unspecified atom stereocenters. The van der Waals surface area contributed by atoms with E-state index in [-0.39, 0.29) is 0 Å². The van der Waals surface area contributed by atoms with E-state index < -0.39 is 0 Å². The zero-order chi connectivity index (χ0) is 15.6. The van der Waals surface area contributed by atoms with Crippen molar-refractivity contribution in [2.75, 3.05) is 0 Å². The molecule has 3 heteroatoms. The standard InChI is InChI=1S/C20H18N2S/c1-2-15-8-10-16(11-9-15)12-18-13-22-14-19(21-20(22)23-18)17-6-4-3-5-7-17/h3-11,13-14H,2,12H2,1H3. The summed E-state index contributed by atoms with van der Waals surface area (Å²) in [7, 11) is 0. The molecule has 2 aromatic carbocycles. The molecule has 0 aliphatic rings. The van der Waals surface area contributed by atoms with E-state index in [2.05, 4.69) is 60.1 Å². The van der Waals surface area contributed by atoms with Crippen LogP contribution in [0.3, 0.4) is 0 Å². The predicted molar refractivity (Wildman–Crippen MR) is 97.1 cm³/mol. The molecule has 23 heavy (non-hydrogen) atoms. The van der Waals surface area contributed by atoms with E-state index in [0.717, 1.165) is 23.5 Å². The van der Waals surface area contributed by atoms with Crippen LogP contribution in [0.2, 0.25) is 0 Å². The van der Waals surface area contributed by atoms with Crippen LogP contribution in [-0.4, -0.2) is 9.38 Å². The first-order valence-electron chi connectivity index (χ1n) is 7.92.